The predicted molar refractivity (Wildman–Crippen MR) is 513 cm³/mol. The third-order valence-corrected chi connectivity index (χ3v) is 25.6. The van der Waals surface area contributed by atoms with E-state index in [2.05, 4.69) is 413 Å². The smallest absolute Gasteiger partial charge is 0.164 e. The van der Waals surface area contributed by atoms with Gasteiger partial charge in [-0.3, -0.25) is 0 Å². The first kappa shape index (κ1) is 73.3. The molecule has 2 aliphatic rings. The molecule has 8 nitrogen and oxygen atoms in total. The number of fused-ring (bicyclic) bond motifs is 14. The normalized spacial score (nSPS) is 12.7. The van der Waals surface area contributed by atoms with Crippen LogP contribution < -0.4 is 0 Å². The van der Waals surface area contributed by atoms with Crippen LogP contribution >= 0.6 is 0 Å². The highest BCUT2D eigenvalue weighted by Crippen LogP contribution is 2.59. The van der Waals surface area contributed by atoms with Gasteiger partial charge in [-0.05, 0) is 188 Å². The first-order valence-corrected chi connectivity index (χ1v) is 42.7. The van der Waals surface area contributed by atoms with Crippen molar-refractivity contribution in [1.82, 2.24) is 29.9 Å². The summed E-state index contributed by atoms with van der Waals surface area (Å²) in [4.78, 5) is 30.6. The standard InChI is InChI=1S/C60H37N3O.C58H37N3O/c1-2-16-47(17-3-1)60(53-20-10-8-18-49(53)50-19-9-11-21-54(50)60)48-31-32-51-52-36-46(30-33-55(52)64-56(51)37-48)59-62-57(61-58(63-59)45-29-25-39-13-5-7-15-43(39)35-45)41-26-22-40(23-27-41)44-28-24-38-12-4-6-14-42(38)34-44;1-4-16-38(17-5-1)40-20-14-22-43(34-40)56-59-55(39-18-6-2-7-19-39)60-57(61-56)44-23-15-21-41(35-44)42-30-33-53-50(36-42)49-32-31-46(37-54(49)62-53)58(45-24-8-3-9-25-45)51-28-12-10-26-47(51)48-27-11-13-29-52(48)58/h1-37H;1-37H. The van der Waals surface area contributed by atoms with E-state index in [1.165, 1.54) is 82.9 Å². The lowest BCUT2D eigenvalue weighted by atomic mass is 9.67. The van der Waals surface area contributed by atoms with Crippen LogP contribution in [-0.2, 0) is 10.8 Å². The molecule has 588 valence electrons. The number of hydrogen-bond acceptors (Lipinski definition) is 8. The summed E-state index contributed by atoms with van der Waals surface area (Å²) < 4.78 is 13.5. The fraction of sp³-hybridized carbons (Fsp3) is 0.0169. The summed E-state index contributed by atoms with van der Waals surface area (Å²) in [5.41, 5.74) is 29.5. The fourth-order valence-electron chi connectivity index (χ4n) is 19.7. The topological polar surface area (TPSA) is 104 Å². The Kier molecular flexibility index (Phi) is 17.5. The molecule has 0 spiro atoms. The van der Waals surface area contributed by atoms with Crippen LogP contribution in [0.15, 0.2) is 458 Å². The molecule has 0 amide bonds. The van der Waals surface area contributed by atoms with Crippen molar-refractivity contribution in [2.24, 2.45) is 0 Å². The van der Waals surface area contributed by atoms with E-state index in [0.29, 0.717) is 34.9 Å². The summed E-state index contributed by atoms with van der Waals surface area (Å²) in [6, 6.07) is 159. The Labute approximate surface area is 727 Å². The molecule has 23 aromatic rings. The van der Waals surface area contributed by atoms with E-state index >= 15 is 0 Å². The van der Waals surface area contributed by atoms with E-state index in [9.17, 15) is 0 Å². The Balaban J connectivity index is 0.000000141. The summed E-state index contributed by atoms with van der Waals surface area (Å²) in [6.07, 6.45) is 0. The van der Waals surface area contributed by atoms with Gasteiger partial charge in [-0.15, -0.1) is 0 Å². The second kappa shape index (κ2) is 30.2. The van der Waals surface area contributed by atoms with Gasteiger partial charge in [-0.1, -0.05) is 382 Å². The average Bonchev–Trinajstić information content (AvgIpc) is 1.54. The van der Waals surface area contributed by atoms with Gasteiger partial charge in [0.05, 0.1) is 10.8 Å². The molecule has 0 aliphatic heterocycles. The zero-order valence-corrected chi connectivity index (χ0v) is 68.2. The van der Waals surface area contributed by atoms with Crippen LogP contribution in [0, 0.1) is 0 Å². The summed E-state index contributed by atoms with van der Waals surface area (Å²) in [5, 5.41) is 8.95. The van der Waals surface area contributed by atoms with Crippen molar-refractivity contribution in [2.75, 3.05) is 0 Å². The SMILES string of the molecule is c1ccc(-c2cccc(-c3nc(-c4ccccc4)nc(-c4cccc(-c5ccc6oc7cc(C8(c9ccccc9)c9ccccc9-c9ccccc98)ccc7c6c5)c4)n3)c2)cc1.c1ccc(C2(c3ccc4c(c3)oc3ccc(-c5nc(-c6ccc(-c7ccc8ccccc8c7)cc6)nc(-c6ccc7ccccc7c6)n5)cc34)c3ccccc3-c3ccccc32)cc1. The third kappa shape index (κ3) is 12.4. The molecule has 8 heteroatoms. The summed E-state index contributed by atoms with van der Waals surface area (Å²) >= 11 is 0. The Hall–Kier alpha value is -16.7. The summed E-state index contributed by atoms with van der Waals surface area (Å²) in [5.74, 6) is 3.71. The van der Waals surface area contributed by atoms with Gasteiger partial charge in [0.1, 0.15) is 22.3 Å². The van der Waals surface area contributed by atoms with Gasteiger partial charge in [0.25, 0.3) is 0 Å². The first-order chi connectivity index (χ1) is 62.4. The van der Waals surface area contributed by atoms with Crippen LogP contribution in [0.1, 0.15) is 44.5 Å². The van der Waals surface area contributed by atoms with Crippen LogP contribution in [0.4, 0.5) is 0 Å². The average molecular weight is 1610 g/mol. The third-order valence-electron chi connectivity index (χ3n) is 25.6. The lowest BCUT2D eigenvalue weighted by molar-refractivity contribution is 0.665. The highest BCUT2D eigenvalue weighted by molar-refractivity contribution is 6.09. The lowest BCUT2D eigenvalue weighted by Crippen LogP contribution is -2.28. The zero-order chi connectivity index (χ0) is 83.2. The summed E-state index contributed by atoms with van der Waals surface area (Å²) in [7, 11) is 0. The molecule has 19 aromatic carbocycles. The van der Waals surface area contributed by atoms with Crippen molar-refractivity contribution >= 4 is 65.4 Å². The Morgan fingerprint density at radius 2 is 0.429 bits per heavy atom. The molecule has 0 fully saturated rings. The van der Waals surface area contributed by atoms with E-state index in [1.807, 2.05) is 36.4 Å². The molecule has 4 aromatic heterocycles. The molecule has 126 heavy (non-hydrogen) atoms. The lowest BCUT2D eigenvalue weighted by Gasteiger charge is -2.33. The van der Waals surface area contributed by atoms with Gasteiger partial charge in [0, 0.05) is 54.9 Å². The molecule has 0 atom stereocenters. The Morgan fingerprint density at radius 3 is 0.889 bits per heavy atom. The molecule has 0 saturated heterocycles. The van der Waals surface area contributed by atoms with Crippen LogP contribution in [-0.4, -0.2) is 29.9 Å². The number of nitrogens with zero attached hydrogens (tertiary/aromatic N) is 6. The predicted octanol–water partition coefficient (Wildman–Crippen LogP) is 29.6. The highest BCUT2D eigenvalue weighted by atomic mass is 16.3. The molecule has 25 rings (SSSR count). The molecule has 4 heterocycles. The first-order valence-electron chi connectivity index (χ1n) is 42.7. The largest absolute Gasteiger partial charge is 0.456 e. The molecule has 0 bridgehead atoms. The van der Waals surface area contributed by atoms with Crippen LogP contribution in [0.25, 0.3) is 189 Å². The summed E-state index contributed by atoms with van der Waals surface area (Å²) in [6.45, 7) is 0. The second-order valence-corrected chi connectivity index (χ2v) is 32.7. The van der Waals surface area contributed by atoms with Crippen molar-refractivity contribution < 1.29 is 8.83 Å². The molecule has 0 unspecified atom stereocenters. The van der Waals surface area contributed by atoms with Crippen LogP contribution in [0.3, 0.4) is 0 Å². The fourth-order valence-corrected chi connectivity index (χ4v) is 19.7. The van der Waals surface area contributed by atoms with Crippen LogP contribution in [0.5, 0.6) is 0 Å². The Morgan fingerprint density at radius 1 is 0.151 bits per heavy atom. The number of rotatable bonds is 13. The van der Waals surface area contributed by atoms with Crippen molar-refractivity contribution in [3.8, 4) is 124 Å². The number of benzene rings is 19. The maximum atomic E-state index is 6.75. The van der Waals surface area contributed by atoms with Gasteiger partial charge in [-0.25, -0.2) is 29.9 Å². The van der Waals surface area contributed by atoms with Gasteiger partial charge in [0.2, 0.25) is 0 Å². The monoisotopic (exact) mass is 1610 g/mol. The zero-order valence-electron chi connectivity index (χ0n) is 68.2. The molecular weight excluding hydrogens is 1530 g/mol. The minimum absolute atomic E-state index is 0.493. The van der Waals surface area contributed by atoms with E-state index in [1.54, 1.807) is 0 Å². The van der Waals surface area contributed by atoms with Crippen molar-refractivity contribution in [3.05, 3.63) is 493 Å². The second-order valence-electron chi connectivity index (χ2n) is 32.7. The molecule has 2 aliphatic carbocycles. The van der Waals surface area contributed by atoms with E-state index in [0.717, 1.165) is 116 Å². The number of hydrogen-bond donors (Lipinski definition) is 0. The molecular formula is C118H74N6O2. The van der Waals surface area contributed by atoms with Gasteiger partial charge in [-0.2, -0.15) is 0 Å². The van der Waals surface area contributed by atoms with Crippen molar-refractivity contribution in [3.63, 3.8) is 0 Å². The maximum Gasteiger partial charge on any atom is 0.164 e. The van der Waals surface area contributed by atoms with Crippen LogP contribution in [0.2, 0.25) is 0 Å². The van der Waals surface area contributed by atoms with Gasteiger partial charge < -0.3 is 8.83 Å². The van der Waals surface area contributed by atoms with Gasteiger partial charge in [0.15, 0.2) is 34.9 Å². The Bertz CT molecular complexity index is 8140. The quantitative estimate of drug-likeness (QED) is 0.112. The molecule has 0 saturated carbocycles. The molecule has 0 N–H and O–H groups in total. The number of furan rings is 2. The van der Waals surface area contributed by atoms with Gasteiger partial charge >= 0.3 is 0 Å². The van der Waals surface area contributed by atoms with E-state index in [-0.39, 0.29) is 0 Å². The van der Waals surface area contributed by atoms with E-state index in [4.69, 9.17) is 38.7 Å². The highest BCUT2D eigenvalue weighted by Gasteiger charge is 2.48. The minimum Gasteiger partial charge on any atom is -0.456 e. The minimum atomic E-state index is -0.513. The maximum absolute atomic E-state index is 6.75. The van der Waals surface area contributed by atoms with Crippen molar-refractivity contribution in [2.45, 2.75) is 10.8 Å². The molecule has 0 radical (unpaired) electrons. The van der Waals surface area contributed by atoms with E-state index < -0.39 is 10.8 Å². The number of aromatic nitrogens is 6. The van der Waals surface area contributed by atoms with Crippen molar-refractivity contribution in [1.29, 1.82) is 0 Å².